The Morgan fingerprint density at radius 1 is 0.939 bits per heavy atom. The molecule has 170 valence electrons. The van der Waals surface area contributed by atoms with Crippen LogP contribution in [0, 0.1) is 18.8 Å². The lowest BCUT2D eigenvalue weighted by atomic mass is 10.0. The predicted molar refractivity (Wildman–Crippen MR) is 126 cm³/mol. The maximum Gasteiger partial charge on any atom is 0.353 e. The van der Waals surface area contributed by atoms with E-state index in [1.165, 1.54) is 12.5 Å². The van der Waals surface area contributed by atoms with Gasteiger partial charge in [0, 0.05) is 38.0 Å². The van der Waals surface area contributed by atoms with E-state index in [9.17, 15) is 14.4 Å². The summed E-state index contributed by atoms with van der Waals surface area (Å²) in [4.78, 5) is 39.4. The van der Waals surface area contributed by atoms with Crippen LogP contribution in [-0.2, 0) is 11.3 Å². The van der Waals surface area contributed by atoms with E-state index in [1.807, 2.05) is 29.2 Å². The summed E-state index contributed by atoms with van der Waals surface area (Å²) in [6.07, 6.45) is 2.84. The first-order valence-corrected chi connectivity index (χ1v) is 11.6. The molecule has 0 N–H and O–H groups in total. The van der Waals surface area contributed by atoms with Crippen molar-refractivity contribution in [3.05, 3.63) is 64.6 Å². The summed E-state index contributed by atoms with van der Waals surface area (Å²) in [6.45, 7) is 5.22. The molecule has 0 unspecified atom stereocenters. The molecule has 5 rings (SSSR count). The molecule has 2 fully saturated rings. The zero-order valence-corrected chi connectivity index (χ0v) is 19.0. The predicted octanol–water partition coefficient (Wildman–Crippen LogP) is 3.61. The van der Waals surface area contributed by atoms with Crippen LogP contribution in [0.15, 0.2) is 53.3 Å². The molecule has 1 atom stereocenters. The van der Waals surface area contributed by atoms with Gasteiger partial charge in [0.15, 0.2) is 5.82 Å². The maximum atomic E-state index is 13.0. The van der Waals surface area contributed by atoms with Gasteiger partial charge in [0.2, 0.25) is 11.8 Å². The van der Waals surface area contributed by atoms with Crippen LogP contribution in [0.2, 0.25) is 0 Å². The molecule has 1 saturated heterocycles. The minimum atomic E-state index is -0.424. The molecular formula is C26H28N4O3. The Bertz CT molecular complexity index is 1250. The molecule has 0 radical (unpaired) electrons. The first-order chi connectivity index (χ1) is 15.9. The van der Waals surface area contributed by atoms with E-state index in [2.05, 4.69) is 36.3 Å². The largest absolute Gasteiger partial charge is 0.353 e. The highest BCUT2D eigenvalue weighted by atomic mass is 16.2. The van der Waals surface area contributed by atoms with Crippen LogP contribution in [0.25, 0.3) is 22.5 Å². The Kier molecular flexibility index (Phi) is 5.48. The van der Waals surface area contributed by atoms with Gasteiger partial charge in [-0.15, -0.1) is 9.78 Å². The Labute approximate surface area is 192 Å². The molecule has 7 heteroatoms. The van der Waals surface area contributed by atoms with E-state index in [-0.39, 0.29) is 17.7 Å². The summed E-state index contributed by atoms with van der Waals surface area (Å²) in [6, 6.07) is 16.2. The minimum absolute atomic E-state index is 0.167. The van der Waals surface area contributed by atoms with Crippen LogP contribution in [0.3, 0.4) is 0 Å². The molecule has 0 spiro atoms. The van der Waals surface area contributed by atoms with Crippen molar-refractivity contribution in [3.8, 4) is 22.5 Å². The van der Waals surface area contributed by atoms with Gasteiger partial charge in [-0.1, -0.05) is 54.1 Å². The van der Waals surface area contributed by atoms with Crippen LogP contribution >= 0.6 is 0 Å². The van der Waals surface area contributed by atoms with Gasteiger partial charge in [0.05, 0.1) is 0 Å². The number of benzene rings is 2. The Morgan fingerprint density at radius 2 is 1.55 bits per heavy atom. The zero-order valence-electron chi connectivity index (χ0n) is 19.0. The lowest BCUT2D eigenvalue weighted by Crippen LogP contribution is -2.32. The molecule has 1 saturated carbocycles. The lowest BCUT2D eigenvalue weighted by Gasteiger charge is -2.16. The smallest absolute Gasteiger partial charge is 0.342 e. The summed E-state index contributed by atoms with van der Waals surface area (Å²) in [5, 5.41) is 4.36. The van der Waals surface area contributed by atoms with Crippen molar-refractivity contribution in [2.75, 3.05) is 13.1 Å². The van der Waals surface area contributed by atoms with Crippen molar-refractivity contribution < 1.29 is 9.59 Å². The van der Waals surface area contributed by atoms with Crippen LogP contribution in [-0.4, -0.2) is 44.2 Å². The number of rotatable bonds is 5. The highest BCUT2D eigenvalue weighted by Crippen LogP contribution is 2.33. The van der Waals surface area contributed by atoms with Crippen LogP contribution in [0.5, 0.6) is 0 Å². The number of carbonyl (C=O) groups is 2. The quantitative estimate of drug-likeness (QED) is 0.602. The van der Waals surface area contributed by atoms with Crippen molar-refractivity contribution in [2.24, 2.45) is 11.8 Å². The molecule has 1 aliphatic heterocycles. The highest BCUT2D eigenvalue weighted by Gasteiger charge is 2.37. The third-order valence-electron chi connectivity index (χ3n) is 6.65. The highest BCUT2D eigenvalue weighted by molar-refractivity contribution is 5.81. The van der Waals surface area contributed by atoms with Gasteiger partial charge in [0.1, 0.15) is 0 Å². The van der Waals surface area contributed by atoms with Gasteiger partial charge in [0.25, 0.3) is 0 Å². The lowest BCUT2D eigenvalue weighted by molar-refractivity contribution is -0.131. The van der Waals surface area contributed by atoms with E-state index in [4.69, 9.17) is 0 Å². The molecule has 33 heavy (non-hydrogen) atoms. The summed E-state index contributed by atoms with van der Waals surface area (Å²) in [5.41, 5.74) is 3.76. The van der Waals surface area contributed by atoms with Crippen LogP contribution in [0.1, 0.15) is 36.5 Å². The van der Waals surface area contributed by atoms with E-state index >= 15 is 0 Å². The van der Waals surface area contributed by atoms with Gasteiger partial charge in [-0.05, 0) is 43.2 Å². The number of carbonyl (C=O) groups excluding carboxylic acids is 2. The Morgan fingerprint density at radius 3 is 2.15 bits per heavy atom. The number of aryl methyl sites for hydroxylation is 1. The number of hydrogen-bond acceptors (Lipinski definition) is 4. The maximum absolute atomic E-state index is 13.0. The van der Waals surface area contributed by atoms with E-state index < -0.39 is 11.6 Å². The van der Waals surface area contributed by atoms with E-state index in [1.54, 1.807) is 4.57 Å². The fraction of sp³-hybridized carbons (Fsp3) is 0.385. The molecule has 3 aromatic rings. The molecule has 1 aliphatic carbocycles. The van der Waals surface area contributed by atoms with Gasteiger partial charge < -0.3 is 4.90 Å². The molecule has 7 nitrogen and oxygen atoms in total. The molecule has 2 heterocycles. The van der Waals surface area contributed by atoms with Gasteiger partial charge in [-0.25, -0.2) is 4.79 Å². The SMILES string of the molecule is CC(=O)n1nc(-c2ccc(-c3ccc(C)cc3)cc2)n(C[C@@H]2CCN(C(=O)C3CC3)C2)c1=O. The third kappa shape index (κ3) is 4.27. The number of hydrogen-bond donors (Lipinski definition) is 0. The minimum Gasteiger partial charge on any atom is -0.342 e. The first kappa shape index (κ1) is 21.4. The second kappa shape index (κ2) is 8.46. The standard InChI is InChI=1S/C26H28N4O3/c1-17-3-5-20(6-4-17)21-7-9-22(10-8-21)24-27-30(18(2)31)26(33)29(24)16-19-13-14-28(15-19)25(32)23-11-12-23/h3-10,19,23H,11-16H2,1-2H3/t19-/m1/s1. The molecule has 0 bridgehead atoms. The Balaban J connectivity index is 1.42. The van der Waals surface area contributed by atoms with Crippen molar-refractivity contribution >= 4 is 11.8 Å². The van der Waals surface area contributed by atoms with Gasteiger partial charge in [-0.3, -0.25) is 14.2 Å². The number of nitrogens with zero attached hydrogens (tertiary/aromatic N) is 4. The van der Waals surface area contributed by atoms with E-state index in [0.717, 1.165) is 47.2 Å². The topological polar surface area (TPSA) is 77.2 Å². The summed E-state index contributed by atoms with van der Waals surface area (Å²) >= 11 is 0. The summed E-state index contributed by atoms with van der Waals surface area (Å²) in [5.74, 6) is 0.692. The van der Waals surface area contributed by atoms with Crippen molar-refractivity contribution in [1.82, 2.24) is 19.2 Å². The number of aromatic nitrogens is 3. The average molecular weight is 445 g/mol. The van der Waals surface area contributed by atoms with Crippen molar-refractivity contribution in [3.63, 3.8) is 0 Å². The van der Waals surface area contributed by atoms with Gasteiger partial charge >= 0.3 is 5.69 Å². The molecule has 1 amide bonds. The fourth-order valence-electron chi connectivity index (χ4n) is 4.57. The van der Waals surface area contributed by atoms with E-state index in [0.29, 0.717) is 18.9 Å². The second-order valence-electron chi connectivity index (χ2n) is 9.30. The molecule has 2 aromatic carbocycles. The summed E-state index contributed by atoms with van der Waals surface area (Å²) < 4.78 is 2.53. The van der Waals surface area contributed by atoms with Crippen LogP contribution in [0.4, 0.5) is 0 Å². The summed E-state index contributed by atoms with van der Waals surface area (Å²) in [7, 11) is 0. The van der Waals surface area contributed by atoms with Crippen LogP contribution < -0.4 is 5.69 Å². The molecule has 2 aliphatic rings. The average Bonchev–Trinajstić information content (AvgIpc) is 3.47. The number of likely N-dealkylation sites (tertiary alicyclic amines) is 1. The molecule has 1 aromatic heterocycles. The van der Waals surface area contributed by atoms with Crippen molar-refractivity contribution in [2.45, 2.75) is 39.7 Å². The fourth-order valence-corrected chi connectivity index (χ4v) is 4.57. The zero-order chi connectivity index (χ0) is 23.1. The second-order valence-corrected chi connectivity index (χ2v) is 9.30. The monoisotopic (exact) mass is 444 g/mol. The molecular weight excluding hydrogens is 416 g/mol. The normalized spacial score (nSPS) is 18.0. The number of amides is 1. The van der Waals surface area contributed by atoms with Crippen molar-refractivity contribution in [1.29, 1.82) is 0 Å². The van der Waals surface area contributed by atoms with Gasteiger partial charge in [-0.2, -0.15) is 0 Å². The third-order valence-corrected chi connectivity index (χ3v) is 6.65. The Hall–Kier alpha value is -3.48. The first-order valence-electron chi connectivity index (χ1n) is 11.6.